The Hall–Kier alpha value is -3.94. The number of carbonyl (C=O) groups excluding carboxylic acids is 2. The highest BCUT2D eigenvalue weighted by Crippen LogP contribution is 2.30. The molecule has 0 atom stereocenters. The fourth-order valence-electron chi connectivity index (χ4n) is 4.04. The van der Waals surface area contributed by atoms with Crippen LogP contribution in [0.5, 0.6) is 5.75 Å². The number of hydrogen-bond acceptors (Lipinski definition) is 5. The molecule has 0 unspecified atom stereocenters. The lowest BCUT2D eigenvalue weighted by Crippen LogP contribution is -2.32. The number of anilines is 1. The van der Waals surface area contributed by atoms with Gasteiger partial charge in [-0.05, 0) is 67.8 Å². The zero-order chi connectivity index (χ0) is 30.0. The average molecular weight is 603 g/mol. The minimum atomic E-state index is -0.556. The van der Waals surface area contributed by atoms with E-state index in [1.165, 1.54) is 5.56 Å². The first-order valence-corrected chi connectivity index (χ1v) is 15.0. The van der Waals surface area contributed by atoms with Crippen LogP contribution in [0.3, 0.4) is 0 Å². The Labute approximate surface area is 256 Å². The van der Waals surface area contributed by atoms with E-state index in [9.17, 15) is 9.59 Å². The van der Waals surface area contributed by atoms with Gasteiger partial charge in [0.15, 0.2) is 0 Å². The van der Waals surface area contributed by atoms with Gasteiger partial charge in [-0.3, -0.25) is 4.79 Å². The van der Waals surface area contributed by atoms with Gasteiger partial charge >= 0.3 is 6.09 Å². The standard InChI is InChI=1S/C34H35ClN2O4S/c1-34(2,3)41-33(39)36-21-25-12-9-14-29(18-25)40-22-27-16-17-28(20-31(27)42-23-24-10-5-4-6-11-24)37-32(38)19-26-13-7-8-15-30(26)35/h4-18,20H,19,21-23H2,1-3H3,(H,36,39)(H,37,38). The van der Waals surface area contributed by atoms with Crippen molar-refractivity contribution in [2.75, 3.05) is 5.32 Å². The van der Waals surface area contributed by atoms with Gasteiger partial charge < -0.3 is 20.1 Å². The molecule has 0 aliphatic carbocycles. The number of halogens is 1. The third kappa shape index (κ3) is 10.2. The van der Waals surface area contributed by atoms with E-state index in [1.54, 1.807) is 17.8 Å². The zero-order valence-corrected chi connectivity index (χ0v) is 25.6. The van der Waals surface area contributed by atoms with E-state index < -0.39 is 11.7 Å². The van der Waals surface area contributed by atoms with Crippen LogP contribution in [0.25, 0.3) is 0 Å². The second kappa shape index (κ2) is 14.8. The zero-order valence-electron chi connectivity index (χ0n) is 24.0. The first kappa shape index (κ1) is 31.0. The van der Waals surface area contributed by atoms with E-state index in [4.69, 9.17) is 21.1 Å². The van der Waals surface area contributed by atoms with Gasteiger partial charge in [0.2, 0.25) is 5.91 Å². The molecule has 0 heterocycles. The highest BCUT2D eigenvalue weighted by Gasteiger charge is 2.16. The summed E-state index contributed by atoms with van der Waals surface area (Å²) in [6, 6.07) is 31.0. The Morgan fingerprint density at radius 2 is 1.57 bits per heavy atom. The van der Waals surface area contributed by atoms with Crippen molar-refractivity contribution < 1.29 is 19.1 Å². The number of amides is 2. The number of alkyl carbamates (subject to hydrolysis) is 1. The van der Waals surface area contributed by atoms with Gasteiger partial charge in [0.25, 0.3) is 0 Å². The monoisotopic (exact) mass is 602 g/mol. The maximum Gasteiger partial charge on any atom is 0.407 e. The number of nitrogens with one attached hydrogen (secondary N) is 2. The summed E-state index contributed by atoms with van der Waals surface area (Å²) < 4.78 is 11.5. The molecule has 0 saturated heterocycles. The molecule has 0 bridgehead atoms. The molecule has 0 aromatic heterocycles. The summed E-state index contributed by atoms with van der Waals surface area (Å²) in [6.45, 7) is 6.15. The van der Waals surface area contributed by atoms with E-state index in [2.05, 4.69) is 22.8 Å². The van der Waals surface area contributed by atoms with Crippen LogP contribution in [-0.2, 0) is 34.9 Å². The summed E-state index contributed by atoms with van der Waals surface area (Å²) in [4.78, 5) is 25.8. The number of benzene rings is 4. The van der Waals surface area contributed by atoms with Gasteiger partial charge in [-0.1, -0.05) is 78.3 Å². The van der Waals surface area contributed by atoms with Crippen LogP contribution in [0.4, 0.5) is 10.5 Å². The highest BCUT2D eigenvalue weighted by atomic mass is 35.5. The van der Waals surface area contributed by atoms with Crippen molar-refractivity contribution in [1.29, 1.82) is 0 Å². The fourth-order valence-corrected chi connectivity index (χ4v) is 5.28. The molecule has 6 nitrogen and oxygen atoms in total. The van der Waals surface area contributed by atoms with E-state index in [-0.39, 0.29) is 12.3 Å². The molecular weight excluding hydrogens is 568 g/mol. The van der Waals surface area contributed by atoms with Crippen LogP contribution in [0.1, 0.15) is 43.0 Å². The number of ether oxygens (including phenoxy) is 2. The summed E-state index contributed by atoms with van der Waals surface area (Å²) in [5.74, 6) is 1.33. The molecule has 8 heteroatoms. The van der Waals surface area contributed by atoms with Crippen molar-refractivity contribution >= 4 is 41.1 Å². The van der Waals surface area contributed by atoms with Crippen molar-refractivity contribution in [2.24, 2.45) is 0 Å². The Morgan fingerprint density at radius 1 is 0.833 bits per heavy atom. The topological polar surface area (TPSA) is 76.7 Å². The Bertz CT molecular complexity index is 1510. The third-order valence-electron chi connectivity index (χ3n) is 6.03. The number of hydrogen-bond donors (Lipinski definition) is 2. The van der Waals surface area contributed by atoms with Gasteiger partial charge in [-0.25, -0.2) is 4.79 Å². The van der Waals surface area contributed by atoms with Crippen LogP contribution in [0.15, 0.2) is 102 Å². The molecule has 4 aromatic carbocycles. The molecule has 4 aromatic rings. The van der Waals surface area contributed by atoms with Crippen LogP contribution >= 0.6 is 23.4 Å². The normalized spacial score (nSPS) is 11.0. The summed E-state index contributed by atoms with van der Waals surface area (Å²) >= 11 is 7.93. The number of rotatable bonds is 11. The highest BCUT2D eigenvalue weighted by molar-refractivity contribution is 7.98. The molecular formula is C34H35ClN2O4S. The molecule has 4 rings (SSSR count). The minimum absolute atomic E-state index is 0.136. The first-order valence-electron chi connectivity index (χ1n) is 13.7. The maximum absolute atomic E-state index is 12.8. The predicted molar refractivity (Wildman–Crippen MR) is 170 cm³/mol. The molecule has 0 aliphatic rings. The molecule has 0 fully saturated rings. The van der Waals surface area contributed by atoms with Crippen LogP contribution in [0, 0.1) is 0 Å². The van der Waals surface area contributed by atoms with Gasteiger partial charge in [0.1, 0.15) is 18.0 Å². The van der Waals surface area contributed by atoms with Gasteiger partial charge in [0.05, 0.1) is 6.42 Å². The van der Waals surface area contributed by atoms with Crippen LogP contribution < -0.4 is 15.4 Å². The lowest BCUT2D eigenvalue weighted by Gasteiger charge is -2.19. The van der Waals surface area contributed by atoms with Crippen molar-refractivity contribution in [2.45, 2.75) is 56.6 Å². The fraction of sp³-hybridized carbons (Fsp3) is 0.235. The molecule has 0 saturated carbocycles. The van der Waals surface area contributed by atoms with Crippen molar-refractivity contribution in [1.82, 2.24) is 5.32 Å². The van der Waals surface area contributed by atoms with Gasteiger partial charge in [0, 0.05) is 33.5 Å². The van der Waals surface area contributed by atoms with Gasteiger partial charge in [-0.15, -0.1) is 11.8 Å². The summed E-state index contributed by atoms with van der Waals surface area (Å²) in [5, 5.41) is 6.35. The maximum atomic E-state index is 12.8. The third-order valence-corrected chi connectivity index (χ3v) is 7.56. The van der Waals surface area contributed by atoms with E-state index >= 15 is 0 Å². The SMILES string of the molecule is CC(C)(C)OC(=O)NCc1cccc(OCc2ccc(NC(=O)Cc3ccccc3Cl)cc2SCc2ccccc2)c1. The first-order chi connectivity index (χ1) is 20.1. The van der Waals surface area contributed by atoms with Crippen LogP contribution in [-0.4, -0.2) is 17.6 Å². The summed E-state index contributed by atoms with van der Waals surface area (Å²) in [5.41, 5.74) is 4.03. The predicted octanol–water partition coefficient (Wildman–Crippen LogP) is 8.42. The van der Waals surface area contributed by atoms with E-state index in [1.807, 2.05) is 99.6 Å². The smallest absolute Gasteiger partial charge is 0.407 e. The largest absolute Gasteiger partial charge is 0.489 e. The van der Waals surface area contributed by atoms with Crippen molar-refractivity contribution in [3.63, 3.8) is 0 Å². The van der Waals surface area contributed by atoms with Crippen molar-refractivity contribution in [3.8, 4) is 5.75 Å². The average Bonchev–Trinajstić information content (AvgIpc) is 2.95. The Morgan fingerprint density at radius 3 is 2.33 bits per heavy atom. The lowest BCUT2D eigenvalue weighted by atomic mass is 10.1. The van der Waals surface area contributed by atoms with Crippen LogP contribution in [0.2, 0.25) is 5.02 Å². The molecule has 2 amide bonds. The lowest BCUT2D eigenvalue weighted by molar-refractivity contribution is -0.115. The molecule has 0 radical (unpaired) electrons. The van der Waals surface area contributed by atoms with E-state index in [0.717, 1.165) is 27.3 Å². The second-order valence-electron chi connectivity index (χ2n) is 10.7. The Kier molecular flexibility index (Phi) is 10.9. The quantitative estimate of drug-likeness (QED) is 0.169. The summed E-state index contributed by atoms with van der Waals surface area (Å²) in [6.07, 6.45) is -0.274. The molecule has 0 spiro atoms. The minimum Gasteiger partial charge on any atom is -0.489 e. The van der Waals surface area contributed by atoms with Gasteiger partial charge in [-0.2, -0.15) is 0 Å². The van der Waals surface area contributed by atoms with Crippen molar-refractivity contribution in [3.05, 3.63) is 124 Å². The second-order valence-corrected chi connectivity index (χ2v) is 12.1. The molecule has 0 aliphatic heterocycles. The number of carbonyl (C=O) groups is 2. The Balaban J connectivity index is 1.43. The van der Waals surface area contributed by atoms with E-state index in [0.29, 0.717) is 29.6 Å². The number of thioether (sulfide) groups is 1. The molecule has 2 N–H and O–H groups in total. The molecule has 218 valence electrons. The molecule has 42 heavy (non-hydrogen) atoms. The summed E-state index contributed by atoms with van der Waals surface area (Å²) in [7, 11) is 0.